The Labute approximate surface area is 186 Å². The molecule has 1 aliphatic heterocycles. The molecule has 2 aromatic rings. The first kappa shape index (κ1) is 22.5. The normalized spacial score (nSPS) is 15.9. The molecule has 1 heterocycles. The van der Waals surface area contributed by atoms with Crippen molar-refractivity contribution in [3.63, 3.8) is 0 Å². The van der Waals surface area contributed by atoms with Crippen molar-refractivity contribution in [2.45, 2.75) is 39.5 Å². The molecule has 8 heteroatoms. The summed E-state index contributed by atoms with van der Waals surface area (Å²) < 4.78 is 16.8. The molecule has 1 unspecified atom stereocenters. The van der Waals surface area contributed by atoms with Gasteiger partial charge in [-0.2, -0.15) is 0 Å². The first-order valence-electron chi connectivity index (χ1n) is 9.83. The smallest absolute Gasteiger partial charge is 0.338 e. The van der Waals surface area contributed by atoms with E-state index in [2.05, 4.69) is 10.6 Å². The van der Waals surface area contributed by atoms with Crippen LogP contribution in [0.3, 0.4) is 0 Å². The lowest BCUT2D eigenvalue weighted by atomic mass is 9.95. The van der Waals surface area contributed by atoms with Gasteiger partial charge in [-0.3, -0.25) is 0 Å². The van der Waals surface area contributed by atoms with Gasteiger partial charge in [0.25, 0.3) is 0 Å². The fourth-order valence-electron chi connectivity index (χ4n) is 3.25. The van der Waals surface area contributed by atoms with Gasteiger partial charge in [0.2, 0.25) is 0 Å². The summed E-state index contributed by atoms with van der Waals surface area (Å²) in [4.78, 5) is 24.8. The molecule has 0 fully saturated rings. The summed E-state index contributed by atoms with van der Waals surface area (Å²) in [5.74, 6) is 0.476. The number of esters is 1. The van der Waals surface area contributed by atoms with Gasteiger partial charge in [0.1, 0.15) is 6.61 Å². The van der Waals surface area contributed by atoms with E-state index < -0.39 is 18.0 Å². The summed E-state index contributed by atoms with van der Waals surface area (Å²) in [5, 5.41) is 6.02. The van der Waals surface area contributed by atoms with Gasteiger partial charge in [-0.1, -0.05) is 35.9 Å². The van der Waals surface area contributed by atoms with Crippen LogP contribution in [0, 0.1) is 0 Å². The van der Waals surface area contributed by atoms with Gasteiger partial charge in [0.15, 0.2) is 11.5 Å². The number of amides is 2. The van der Waals surface area contributed by atoms with E-state index in [9.17, 15) is 9.59 Å². The fourth-order valence-corrected chi connectivity index (χ4v) is 3.44. The van der Waals surface area contributed by atoms with Crippen LogP contribution in [0.25, 0.3) is 0 Å². The van der Waals surface area contributed by atoms with Crippen LogP contribution < -0.4 is 20.1 Å². The van der Waals surface area contributed by atoms with Crippen molar-refractivity contribution < 1.29 is 23.8 Å². The van der Waals surface area contributed by atoms with E-state index in [4.69, 9.17) is 25.8 Å². The van der Waals surface area contributed by atoms with Gasteiger partial charge in [-0.05, 0) is 44.5 Å². The van der Waals surface area contributed by atoms with Crippen LogP contribution in [0.1, 0.15) is 37.9 Å². The maximum atomic E-state index is 12.7. The molecule has 0 aliphatic carbocycles. The maximum absolute atomic E-state index is 12.7. The molecule has 1 aliphatic rings. The number of carbonyl (C=O) groups is 2. The number of halogens is 1. The lowest BCUT2D eigenvalue weighted by molar-refractivity contribution is -0.143. The van der Waals surface area contributed by atoms with Crippen LogP contribution in [0.15, 0.2) is 53.7 Å². The summed E-state index contributed by atoms with van der Waals surface area (Å²) in [7, 11) is 1.54. The SMILES string of the molecule is COc1ccc(C2NC(=O)NC(C)=C2C(=O)OC(C)C)cc1OCc1ccccc1Cl. The number of rotatable bonds is 7. The Balaban J connectivity index is 1.94. The standard InChI is InChI=1S/C23H25ClN2O5/c1-13(2)31-22(27)20-14(3)25-23(28)26-21(20)15-9-10-18(29-4)19(11-15)30-12-16-7-5-6-8-17(16)24/h5-11,13,21H,12H2,1-4H3,(H2,25,26,28). The molecule has 0 aromatic heterocycles. The lowest BCUT2D eigenvalue weighted by Crippen LogP contribution is -2.45. The molecule has 7 nitrogen and oxygen atoms in total. The Hall–Kier alpha value is -3.19. The zero-order valence-corrected chi connectivity index (χ0v) is 18.6. The lowest BCUT2D eigenvalue weighted by Gasteiger charge is -2.29. The number of hydrogen-bond donors (Lipinski definition) is 2. The number of allylic oxidation sites excluding steroid dienone is 1. The van der Waals surface area contributed by atoms with Crippen molar-refractivity contribution in [3.05, 3.63) is 69.9 Å². The molecular weight excluding hydrogens is 420 g/mol. The highest BCUT2D eigenvalue weighted by Gasteiger charge is 2.33. The largest absolute Gasteiger partial charge is 0.493 e. The van der Waals surface area contributed by atoms with Crippen molar-refractivity contribution in [1.82, 2.24) is 10.6 Å². The number of carbonyl (C=O) groups excluding carboxylic acids is 2. The Morgan fingerprint density at radius 2 is 1.90 bits per heavy atom. The third-order valence-electron chi connectivity index (χ3n) is 4.69. The minimum Gasteiger partial charge on any atom is -0.493 e. The summed E-state index contributed by atoms with van der Waals surface area (Å²) in [6.07, 6.45) is -0.295. The van der Waals surface area contributed by atoms with Crippen LogP contribution in [0.4, 0.5) is 4.79 Å². The third-order valence-corrected chi connectivity index (χ3v) is 5.06. The second kappa shape index (κ2) is 9.75. The number of nitrogens with one attached hydrogen (secondary N) is 2. The maximum Gasteiger partial charge on any atom is 0.338 e. The molecule has 0 saturated heterocycles. The minimum absolute atomic E-state index is 0.231. The number of ether oxygens (including phenoxy) is 3. The molecule has 3 rings (SSSR count). The molecule has 0 saturated carbocycles. The highest BCUT2D eigenvalue weighted by molar-refractivity contribution is 6.31. The molecule has 2 N–H and O–H groups in total. The zero-order valence-electron chi connectivity index (χ0n) is 17.8. The number of urea groups is 1. The zero-order chi connectivity index (χ0) is 22.5. The van der Waals surface area contributed by atoms with E-state index in [1.165, 1.54) is 0 Å². The monoisotopic (exact) mass is 444 g/mol. The number of hydrogen-bond acceptors (Lipinski definition) is 5. The molecule has 0 bridgehead atoms. The number of benzene rings is 2. The second-order valence-corrected chi connectivity index (χ2v) is 7.72. The topological polar surface area (TPSA) is 85.9 Å². The quantitative estimate of drug-likeness (QED) is 0.614. The summed E-state index contributed by atoms with van der Waals surface area (Å²) in [6, 6.07) is 11.5. The van der Waals surface area contributed by atoms with Crippen LogP contribution in [-0.4, -0.2) is 25.2 Å². The van der Waals surface area contributed by atoms with E-state index in [1.54, 1.807) is 52.1 Å². The molecule has 0 radical (unpaired) electrons. The highest BCUT2D eigenvalue weighted by atomic mass is 35.5. The predicted molar refractivity (Wildman–Crippen MR) is 117 cm³/mol. The predicted octanol–water partition coefficient (Wildman–Crippen LogP) is 4.51. The molecule has 2 aromatic carbocycles. The highest BCUT2D eigenvalue weighted by Crippen LogP contribution is 2.35. The summed E-state index contributed by atoms with van der Waals surface area (Å²) >= 11 is 6.22. The van der Waals surface area contributed by atoms with Gasteiger partial charge < -0.3 is 24.8 Å². The van der Waals surface area contributed by atoms with Crippen LogP contribution in [0.2, 0.25) is 5.02 Å². The van der Waals surface area contributed by atoms with E-state index in [0.717, 1.165) is 5.56 Å². The van der Waals surface area contributed by atoms with Gasteiger partial charge in [0, 0.05) is 16.3 Å². The average Bonchev–Trinajstić information content (AvgIpc) is 2.71. The Morgan fingerprint density at radius 1 is 1.16 bits per heavy atom. The fraction of sp³-hybridized carbons (Fsp3) is 0.304. The van der Waals surface area contributed by atoms with Crippen LogP contribution in [0.5, 0.6) is 11.5 Å². The first-order valence-corrected chi connectivity index (χ1v) is 10.2. The van der Waals surface area contributed by atoms with E-state index >= 15 is 0 Å². The van der Waals surface area contributed by atoms with Gasteiger partial charge in [-0.15, -0.1) is 0 Å². The number of methoxy groups -OCH3 is 1. The Morgan fingerprint density at radius 3 is 2.58 bits per heavy atom. The minimum atomic E-state index is -0.700. The first-order chi connectivity index (χ1) is 14.8. The molecule has 1 atom stereocenters. The van der Waals surface area contributed by atoms with Crippen LogP contribution >= 0.6 is 11.6 Å². The third kappa shape index (κ3) is 5.30. The van der Waals surface area contributed by atoms with Crippen molar-refractivity contribution >= 4 is 23.6 Å². The average molecular weight is 445 g/mol. The van der Waals surface area contributed by atoms with Gasteiger partial charge >= 0.3 is 12.0 Å². The molecule has 2 amide bonds. The Kier molecular flexibility index (Phi) is 7.07. The molecule has 164 valence electrons. The molecule has 31 heavy (non-hydrogen) atoms. The van der Waals surface area contributed by atoms with Crippen molar-refractivity contribution in [1.29, 1.82) is 0 Å². The van der Waals surface area contributed by atoms with E-state index in [0.29, 0.717) is 33.4 Å². The molecular formula is C23H25ClN2O5. The Bertz CT molecular complexity index is 1020. The van der Waals surface area contributed by atoms with Crippen LogP contribution in [-0.2, 0) is 16.1 Å². The summed E-state index contributed by atoms with van der Waals surface area (Å²) in [6.45, 7) is 5.44. The second-order valence-electron chi connectivity index (χ2n) is 7.31. The van der Waals surface area contributed by atoms with E-state index in [1.807, 2.05) is 18.2 Å². The van der Waals surface area contributed by atoms with Crippen molar-refractivity contribution in [3.8, 4) is 11.5 Å². The van der Waals surface area contributed by atoms with Gasteiger partial charge in [-0.25, -0.2) is 9.59 Å². The van der Waals surface area contributed by atoms with Crippen molar-refractivity contribution in [2.24, 2.45) is 0 Å². The van der Waals surface area contributed by atoms with E-state index in [-0.39, 0.29) is 12.7 Å². The summed E-state index contributed by atoms with van der Waals surface area (Å²) in [5.41, 5.74) is 2.24. The van der Waals surface area contributed by atoms with Gasteiger partial charge in [0.05, 0.1) is 24.8 Å². The molecule has 0 spiro atoms. The van der Waals surface area contributed by atoms with Crippen molar-refractivity contribution in [2.75, 3.05) is 7.11 Å².